The molecule has 0 saturated carbocycles. The van der Waals surface area contributed by atoms with E-state index >= 15 is 0 Å². The van der Waals surface area contributed by atoms with Gasteiger partial charge in [0, 0.05) is 31.3 Å². The first-order valence-electron chi connectivity index (χ1n) is 7.39. The van der Waals surface area contributed by atoms with Crippen LogP contribution in [-0.2, 0) is 4.74 Å². The van der Waals surface area contributed by atoms with E-state index < -0.39 is 0 Å². The number of nitrogens with one attached hydrogen (secondary N) is 1. The third-order valence-electron chi connectivity index (χ3n) is 4.90. The highest BCUT2D eigenvalue weighted by Gasteiger charge is 2.35. The van der Waals surface area contributed by atoms with Crippen molar-refractivity contribution in [2.45, 2.75) is 69.2 Å². The van der Waals surface area contributed by atoms with Crippen LogP contribution in [0.5, 0.6) is 0 Å². The van der Waals surface area contributed by atoms with Crippen LogP contribution in [0.1, 0.15) is 44.9 Å². The van der Waals surface area contributed by atoms with Gasteiger partial charge in [0.05, 0.1) is 6.10 Å². The maximum Gasteiger partial charge on any atom is 0.0588 e. The maximum atomic E-state index is 5.71. The lowest BCUT2D eigenvalue weighted by atomic mass is 9.98. The van der Waals surface area contributed by atoms with Crippen molar-refractivity contribution in [3.05, 3.63) is 0 Å². The van der Waals surface area contributed by atoms with Crippen LogP contribution < -0.4 is 5.32 Å². The molecule has 0 aliphatic carbocycles. The Morgan fingerprint density at radius 2 is 1.89 bits per heavy atom. The van der Waals surface area contributed by atoms with E-state index in [9.17, 15) is 0 Å². The number of rotatable bonds is 4. The molecule has 4 heteroatoms. The summed E-state index contributed by atoms with van der Waals surface area (Å²) in [5.74, 6) is 0. The number of hydrogen-bond donors (Lipinski definition) is 1. The fourth-order valence-corrected chi connectivity index (χ4v) is 3.79. The summed E-state index contributed by atoms with van der Waals surface area (Å²) in [6.45, 7) is 2.21. The second kappa shape index (κ2) is 6.56. The molecule has 3 unspecified atom stereocenters. The maximum absolute atomic E-state index is 5.71. The molecular weight excluding hydrogens is 248 g/mol. The van der Waals surface area contributed by atoms with Gasteiger partial charge in [0.1, 0.15) is 0 Å². The van der Waals surface area contributed by atoms with Crippen molar-refractivity contribution in [3.63, 3.8) is 0 Å². The van der Waals surface area contributed by atoms with E-state index in [1.165, 1.54) is 51.5 Å². The minimum Gasteiger partial charge on any atom is -0.378 e. The van der Waals surface area contributed by atoms with E-state index in [4.69, 9.17) is 4.74 Å². The van der Waals surface area contributed by atoms with Gasteiger partial charge in [-0.15, -0.1) is 12.4 Å². The predicted molar refractivity (Wildman–Crippen MR) is 76.4 cm³/mol. The highest BCUT2D eigenvalue weighted by atomic mass is 35.5. The molecule has 0 radical (unpaired) electrons. The van der Waals surface area contributed by atoms with Gasteiger partial charge < -0.3 is 15.0 Å². The second-order valence-electron chi connectivity index (χ2n) is 6.17. The standard InChI is InChI=1S/C14H26N2O.ClH/c1-16(7-6-14-3-2-8-17-14)13-9-11-4-5-12(10-13)15-11;/h11-15H,2-10H2,1H3;1H. The number of halogens is 1. The lowest BCUT2D eigenvalue weighted by Crippen LogP contribution is -2.47. The summed E-state index contributed by atoms with van der Waals surface area (Å²) in [5.41, 5.74) is 0. The Kier molecular flexibility index (Phi) is 5.31. The van der Waals surface area contributed by atoms with Crippen molar-refractivity contribution in [2.24, 2.45) is 0 Å². The van der Waals surface area contributed by atoms with Gasteiger partial charge in [0.25, 0.3) is 0 Å². The third kappa shape index (κ3) is 3.38. The van der Waals surface area contributed by atoms with Crippen LogP contribution in [0.15, 0.2) is 0 Å². The first kappa shape index (κ1) is 14.6. The molecule has 0 spiro atoms. The van der Waals surface area contributed by atoms with Crippen LogP contribution in [0.25, 0.3) is 0 Å². The summed E-state index contributed by atoms with van der Waals surface area (Å²) >= 11 is 0. The zero-order chi connectivity index (χ0) is 11.7. The van der Waals surface area contributed by atoms with E-state index in [0.29, 0.717) is 6.10 Å². The molecule has 18 heavy (non-hydrogen) atoms. The van der Waals surface area contributed by atoms with Gasteiger partial charge in [-0.05, 0) is 52.0 Å². The largest absolute Gasteiger partial charge is 0.378 e. The van der Waals surface area contributed by atoms with Crippen molar-refractivity contribution >= 4 is 12.4 Å². The smallest absolute Gasteiger partial charge is 0.0588 e. The first-order chi connectivity index (χ1) is 8.31. The van der Waals surface area contributed by atoms with Gasteiger partial charge >= 0.3 is 0 Å². The normalized spacial score (nSPS) is 39.0. The highest BCUT2D eigenvalue weighted by Crippen LogP contribution is 2.29. The number of piperidine rings is 1. The summed E-state index contributed by atoms with van der Waals surface area (Å²) in [6.07, 6.45) is 9.86. The molecule has 3 nitrogen and oxygen atoms in total. The van der Waals surface area contributed by atoms with E-state index in [-0.39, 0.29) is 12.4 Å². The quantitative estimate of drug-likeness (QED) is 0.851. The summed E-state index contributed by atoms with van der Waals surface area (Å²) in [6, 6.07) is 2.43. The fraction of sp³-hybridized carbons (Fsp3) is 1.00. The summed E-state index contributed by atoms with van der Waals surface area (Å²) < 4.78 is 5.71. The van der Waals surface area contributed by atoms with Crippen LogP contribution in [0.4, 0.5) is 0 Å². The van der Waals surface area contributed by atoms with Crippen molar-refractivity contribution in [2.75, 3.05) is 20.2 Å². The summed E-state index contributed by atoms with van der Waals surface area (Å²) in [7, 11) is 2.31. The topological polar surface area (TPSA) is 24.5 Å². The zero-order valence-corrected chi connectivity index (χ0v) is 12.3. The van der Waals surface area contributed by atoms with E-state index in [2.05, 4.69) is 17.3 Å². The minimum absolute atomic E-state index is 0. The number of fused-ring (bicyclic) bond motifs is 2. The van der Waals surface area contributed by atoms with Gasteiger partial charge in [-0.3, -0.25) is 0 Å². The van der Waals surface area contributed by atoms with Crippen molar-refractivity contribution in [1.82, 2.24) is 10.2 Å². The zero-order valence-electron chi connectivity index (χ0n) is 11.4. The molecule has 3 rings (SSSR count). The number of nitrogens with zero attached hydrogens (tertiary/aromatic N) is 1. The average Bonchev–Trinajstić information content (AvgIpc) is 2.96. The average molecular weight is 275 g/mol. The molecule has 0 aromatic rings. The third-order valence-corrected chi connectivity index (χ3v) is 4.90. The van der Waals surface area contributed by atoms with Crippen LogP contribution in [0.3, 0.4) is 0 Å². The predicted octanol–water partition coefficient (Wildman–Crippen LogP) is 2.19. The molecular formula is C14H27ClN2O. The number of hydrogen-bond acceptors (Lipinski definition) is 3. The summed E-state index contributed by atoms with van der Waals surface area (Å²) in [4.78, 5) is 2.59. The second-order valence-corrected chi connectivity index (χ2v) is 6.17. The van der Waals surface area contributed by atoms with Crippen LogP contribution in [0, 0.1) is 0 Å². The van der Waals surface area contributed by atoms with Crippen LogP contribution in [-0.4, -0.2) is 49.3 Å². The van der Waals surface area contributed by atoms with Crippen LogP contribution >= 0.6 is 12.4 Å². The molecule has 106 valence electrons. The Bertz CT molecular complexity index is 246. The highest BCUT2D eigenvalue weighted by molar-refractivity contribution is 5.85. The van der Waals surface area contributed by atoms with Crippen molar-refractivity contribution in [1.29, 1.82) is 0 Å². The molecule has 3 atom stereocenters. The fourth-order valence-electron chi connectivity index (χ4n) is 3.79. The van der Waals surface area contributed by atoms with Gasteiger partial charge in [-0.2, -0.15) is 0 Å². The lowest BCUT2D eigenvalue weighted by molar-refractivity contribution is 0.0839. The van der Waals surface area contributed by atoms with Gasteiger partial charge in [0.2, 0.25) is 0 Å². The molecule has 0 aromatic heterocycles. The molecule has 3 aliphatic rings. The van der Waals surface area contributed by atoms with Crippen molar-refractivity contribution in [3.8, 4) is 0 Å². The van der Waals surface area contributed by atoms with Crippen molar-refractivity contribution < 1.29 is 4.74 Å². The Balaban J connectivity index is 0.00000120. The van der Waals surface area contributed by atoms with Gasteiger partial charge in [-0.25, -0.2) is 0 Å². The van der Waals surface area contributed by atoms with Crippen LogP contribution in [0.2, 0.25) is 0 Å². The monoisotopic (exact) mass is 274 g/mol. The van der Waals surface area contributed by atoms with E-state index in [1.54, 1.807) is 0 Å². The first-order valence-corrected chi connectivity index (χ1v) is 7.39. The minimum atomic E-state index is 0. The number of ether oxygens (including phenoxy) is 1. The Labute approximate surface area is 117 Å². The van der Waals surface area contributed by atoms with E-state index in [0.717, 1.165) is 24.7 Å². The Morgan fingerprint density at radius 3 is 2.50 bits per heavy atom. The molecule has 3 heterocycles. The van der Waals surface area contributed by atoms with Gasteiger partial charge in [-0.1, -0.05) is 0 Å². The SMILES string of the molecule is CN(CCC1CCCO1)C1CC2CCC(C1)N2.Cl. The van der Waals surface area contributed by atoms with E-state index in [1.807, 2.05) is 0 Å². The molecule has 0 amide bonds. The van der Waals surface area contributed by atoms with Gasteiger partial charge in [0.15, 0.2) is 0 Å². The summed E-state index contributed by atoms with van der Waals surface area (Å²) in [5, 5.41) is 3.72. The Morgan fingerprint density at radius 1 is 1.17 bits per heavy atom. The molecule has 3 saturated heterocycles. The Hall–Kier alpha value is 0.170. The molecule has 3 aliphatic heterocycles. The molecule has 0 aromatic carbocycles. The molecule has 3 fully saturated rings. The molecule has 2 bridgehead atoms. The molecule has 1 N–H and O–H groups in total. The lowest BCUT2D eigenvalue weighted by Gasteiger charge is -2.36.